The minimum Gasteiger partial charge on any atom is -0.469 e. The fraction of sp³-hybridized carbons (Fsp3) is 0.286. The van der Waals surface area contributed by atoms with Crippen LogP contribution in [-0.2, 0) is 23.0 Å². The Morgan fingerprint density at radius 1 is 1.31 bits per heavy atom. The minimum atomic E-state index is -3.56. The van der Waals surface area contributed by atoms with Gasteiger partial charge in [-0.15, -0.1) is 6.58 Å². The zero-order chi connectivity index (χ0) is 21.2. The summed E-state index contributed by atoms with van der Waals surface area (Å²) in [6.07, 6.45) is 3.88. The van der Waals surface area contributed by atoms with E-state index in [0.29, 0.717) is 24.0 Å². The van der Waals surface area contributed by atoms with Gasteiger partial charge in [-0.05, 0) is 43.3 Å². The number of allylic oxidation sites excluding steroid dienone is 1. The molecule has 29 heavy (non-hydrogen) atoms. The van der Waals surface area contributed by atoms with Crippen LogP contribution in [0, 0.1) is 0 Å². The average Bonchev–Trinajstić information content (AvgIpc) is 3.29. The Labute approximate surface area is 170 Å². The second kappa shape index (κ2) is 8.26. The Morgan fingerprint density at radius 3 is 2.69 bits per heavy atom. The van der Waals surface area contributed by atoms with E-state index >= 15 is 0 Å². The van der Waals surface area contributed by atoms with Crippen molar-refractivity contribution in [2.45, 2.75) is 30.8 Å². The molecule has 0 aliphatic carbocycles. The van der Waals surface area contributed by atoms with Crippen molar-refractivity contribution in [2.75, 3.05) is 14.1 Å². The number of benzene rings is 1. The van der Waals surface area contributed by atoms with E-state index in [4.69, 9.17) is 4.42 Å². The van der Waals surface area contributed by atoms with Crippen molar-refractivity contribution in [3.05, 3.63) is 66.8 Å². The van der Waals surface area contributed by atoms with E-state index in [1.807, 2.05) is 23.6 Å². The molecule has 0 aliphatic heterocycles. The normalized spacial score (nSPS) is 13.0. The average molecular weight is 416 g/mol. The van der Waals surface area contributed by atoms with Crippen LogP contribution in [0.3, 0.4) is 0 Å². The molecule has 2 aromatic heterocycles. The third kappa shape index (κ3) is 4.28. The van der Waals surface area contributed by atoms with Crippen molar-refractivity contribution < 1.29 is 17.6 Å². The lowest BCUT2D eigenvalue weighted by atomic mass is 10.2. The highest BCUT2D eigenvalue weighted by molar-refractivity contribution is 7.89. The lowest BCUT2D eigenvalue weighted by Gasteiger charge is -2.14. The number of amides is 1. The fourth-order valence-electron chi connectivity index (χ4n) is 3.21. The summed E-state index contributed by atoms with van der Waals surface area (Å²) in [6, 6.07) is 10.1. The van der Waals surface area contributed by atoms with Gasteiger partial charge in [-0.1, -0.05) is 6.08 Å². The van der Waals surface area contributed by atoms with Gasteiger partial charge in [0.2, 0.25) is 10.0 Å². The SMILES string of the molecule is C=CCn1c(C(=O)N[C@@H](C)Cc2ccco2)cc2cc(S(=O)(=O)N(C)C)ccc21. The Kier molecular flexibility index (Phi) is 5.95. The van der Waals surface area contributed by atoms with E-state index in [9.17, 15) is 13.2 Å². The number of fused-ring (bicyclic) bond motifs is 1. The van der Waals surface area contributed by atoms with Crippen molar-refractivity contribution in [1.29, 1.82) is 0 Å². The topological polar surface area (TPSA) is 84.5 Å². The molecular formula is C21H25N3O4S. The molecule has 1 atom stereocenters. The molecule has 1 amide bonds. The van der Waals surface area contributed by atoms with Crippen LogP contribution >= 0.6 is 0 Å². The maximum atomic E-state index is 12.9. The number of sulfonamides is 1. The first-order chi connectivity index (χ1) is 13.7. The Hall–Kier alpha value is -2.84. The third-order valence-electron chi connectivity index (χ3n) is 4.66. The van der Waals surface area contributed by atoms with Gasteiger partial charge in [-0.25, -0.2) is 12.7 Å². The smallest absolute Gasteiger partial charge is 0.268 e. The molecular weight excluding hydrogens is 390 g/mol. The molecule has 1 N–H and O–H groups in total. The summed E-state index contributed by atoms with van der Waals surface area (Å²) < 4.78 is 33.2. The Morgan fingerprint density at radius 2 is 2.07 bits per heavy atom. The van der Waals surface area contributed by atoms with E-state index in [0.717, 1.165) is 11.3 Å². The first-order valence-corrected chi connectivity index (χ1v) is 10.7. The van der Waals surface area contributed by atoms with Crippen LogP contribution in [0.15, 0.2) is 64.6 Å². The zero-order valence-electron chi connectivity index (χ0n) is 16.8. The summed E-state index contributed by atoms with van der Waals surface area (Å²) in [6.45, 7) is 6.10. The summed E-state index contributed by atoms with van der Waals surface area (Å²) in [5, 5.41) is 3.66. The molecule has 7 nitrogen and oxygen atoms in total. The first-order valence-electron chi connectivity index (χ1n) is 9.24. The monoisotopic (exact) mass is 415 g/mol. The van der Waals surface area contributed by atoms with Gasteiger partial charge in [0.1, 0.15) is 11.5 Å². The van der Waals surface area contributed by atoms with Gasteiger partial charge in [-0.3, -0.25) is 4.79 Å². The van der Waals surface area contributed by atoms with Gasteiger partial charge < -0.3 is 14.3 Å². The summed E-state index contributed by atoms with van der Waals surface area (Å²) in [5.41, 5.74) is 1.22. The molecule has 3 rings (SSSR count). The highest BCUT2D eigenvalue weighted by Crippen LogP contribution is 2.25. The number of rotatable bonds is 8. The van der Waals surface area contributed by atoms with Crippen LogP contribution in [0.25, 0.3) is 10.9 Å². The molecule has 8 heteroatoms. The highest BCUT2D eigenvalue weighted by atomic mass is 32.2. The van der Waals surface area contributed by atoms with Crippen LogP contribution in [0.5, 0.6) is 0 Å². The Balaban J connectivity index is 1.94. The molecule has 0 unspecified atom stereocenters. The van der Waals surface area contributed by atoms with Crippen molar-refractivity contribution in [3.63, 3.8) is 0 Å². The van der Waals surface area contributed by atoms with Gasteiger partial charge in [0.15, 0.2) is 0 Å². The first kappa shape index (κ1) is 20.9. The number of carbonyl (C=O) groups is 1. The summed E-state index contributed by atoms with van der Waals surface area (Å²) in [5.74, 6) is 0.557. The number of aromatic nitrogens is 1. The predicted molar refractivity (Wildman–Crippen MR) is 112 cm³/mol. The van der Waals surface area contributed by atoms with Crippen LogP contribution < -0.4 is 5.32 Å². The van der Waals surface area contributed by atoms with E-state index in [-0.39, 0.29) is 16.8 Å². The lowest BCUT2D eigenvalue weighted by molar-refractivity contribution is 0.0931. The van der Waals surface area contributed by atoms with Gasteiger partial charge >= 0.3 is 0 Å². The summed E-state index contributed by atoms with van der Waals surface area (Å²) in [7, 11) is -0.584. The maximum Gasteiger partial charge on any atom is 0.268 e. The van der Waals surface area contributed by atoms with E-state index in [2.05, 4.69) is 11.9 Å². The van der Waals surface area contributed by atoms with Crippen LogP contribution in [0.4, 0.5) is 0 Å². The number of nitrogens with zero attached hydrogens (tertiary/aromatic N) is 2. The van der Waals surface area contributed by atoms with E-state index in [1.165, 1.54) is 18.4 Å². The number of carbonyl (C=O) groups excluding carboxylic acids is 1. The molecule has 0 radical (unpaired) electrons. The van der Waals surface area contributed by atoms with Crippen molar-refractivity contribution >= 4 is 26.8 Å². The maximum absolute atomic E-state index is 12.9. The second-order valence-corrected chi connectivity index (χ2v) is 9.25. The quantitative estimate of drug-likeness (QED) is 0.573. The number of hydrogen-bond acceptors (Lipinski definition) is 4. The van der Waals surface area contributed by atoms with Crippen molar-refractivity contribution in [3.8, 4) is 0 Å². The molecule has 1 aromatic carbocycles. The van der Waals surface area contributed by atoms with Gasteiger partial charge in [-0.2, -0.15) is 0 Å². The molecule has 2 heterocycles. The largest absolute Gasteiger partial charge is 0.469 e. The summed E-state index contributed by atoms with van der Waals surface area (Å²) >= 11 is 0. The van der Waals surface area contributed by atoms with Crippen LogP contribution in [0.2, 0.25) is 0 Å². The summed E-state index contributed by atoms with van der Waals surface area (Å²) in [4.78, 5) is 13.1. The van der Waals surface area contributed by atoms with Crippen molar-refractivity contribution in [2.24, 2.45) is 0 Å². The number of nitrogens with one attached hydrogen (secondary N) is 1. The zero-order valence-corrected chi connectivity index (χ0v) is 17.6. The van der Waals surface area contributed by atoms with E-state index in [1.54, 1.807) is 36.6 Å². The molecule has 154 valence electrons. The fourth-order valence-corrected chi connectivity index (χ4v) is 4.15. The number of furan rings is 1. The number of hydrogen-bond donors (Lipinski definition) is 1. The predicted octanol–water partition coefficient (Wildman–Crippen LogP) is 3.03. The molecule has 3 aromatic rings. The highest BCUT2D eigenvalue weighted by Gasteiger charge is 2.21. The third-order valence-corrected chi connectivity index (χ3v) is 6.47. The van der Waals surface area contributed by atoms with E-state index < -0.39 is 10.0 Å². The molecule has 0 saturated carbocycles. The van der Waals surface area contributed by atoms with Crippen LogP contribution in [0.1, 0.15) is 23.2 Å². The van der Waals surface area contributed by atoms with Crippen molar-refractivity contribution in [1.82, 2.24) is 14.2 Å². The molecule has 0 fully saturated rings. The molecule has 0 spiro atoms. The van der Waals surface area contributed by atoms with Gasteiger partial charge in [0.05, 0.1) is 11.2 Å². The van der Waals surface area contributed by atoms with Gasteiger partial charge in [0.25, 0.3) is 5.91 Å². The molecule has 0 bridgehead atoms. The standard InChI is InChI=1S/C21H25N3O4S/c1-5-10-24-19-9-8-18(29(26,27)23(3)4)13-16(19)14-20(24)21(25)22-15(2)12-17-7-6-11-28-17/h5-9,11,13-15H,1,10,12H2,2-4H3,(H,22,25)/t15-/m0/s1. The lowest BCUT2D eigenvalue weighted by Crippen LogP contribution is -2.35. The molecule has 0 saturated heterocycles. The molecule has 0 aliphatic rings. The second-order valence-electron chi connectivity index (χ2n) is 7.09. The minimum absolute atomic E-state index is 0.131. The van der Waals surface area contributed by atoms with Gasteiger partial charge in [0, 0.05) is 44.0 Å². The van der Waals surface area contributed by atoms with Crippen LogP contribution in [-0.4, -0.2) is 43.3 Å². The Bertz CT molecular complexity index is 1130.